The highest BCUT2D eigenvalue weighted by Crippen LogP contribution is 1.99. The molecular weight excluding hydrogens is 186 g/mol. The summed E-state index contributed by atoms with van der Waals surface area (Å²) >= 11 is 1.40. The van der Waals surface area contributed by atoms with Crippen molar-refractivity contribution in [2.75, 3.05) is 0 Å². The van der Waals surface area contributed by atoms with Crippen LogP contribution in [0.1, 0.15) is 5.69 Å². The van der Waals surface area contributed by atoms with Crippen LogP contribution in [-0.4, -0.2) is 13.4 Å². The number of nitrogens with zero attached hydrogens (tertiary/aromatic N) is 1. The Kier molecular flexibility index (Phi) is 2.55. The van der Waals surface area contributed by atoms with Gasteiger partial charge >= 0.3 is 0 Å². The minimum atomic E-state index is -3.59. The van der Waals surface area contributed by atoms with E-state index in [0.717, 1.165) is 0 Å². The molecule has 0 radical (unpaired) electrons. The Bertz CT molecular complexity index is 304. The molecule has 7 heteroatoms. The number of aromatic nitrogens is 1. The molecule has 0 saturated carbocycles. The van der Waals surface area contributed by atoms with E-state index in [-0.39, 0.29) is 6.54 Å². The molecule has 5 nitrogen and oxygen atoms in total. The average molecular weight is 193 g/mol. The summed E-state index contributed by atoms with van der Waals surface area (Å²) in [5.74, 6) is 0. The van der Waals surface area contributed by atoms with Crippen LogP contribution in [0.5, 0.6) is 0 Å². The molecule has 0 amide bonds. The fourth-order valence-electron chi connectivity index (χ4n) is 0.499. The van der Waals surface area contributed by atoms with Crippen molar-refractivity contribution in [3.63, 3.8) is 0 Å². The van der Waals surface area contributed by atoms with Crippen molar-refractivity contribution < 1.29 is 8.42 Å². The summed E-state index contributed by atoms with van der Waals surface area (Å²) in [5.41, 5.74) is 2.30. The van der Waals surface area contributed by atoms with Gasteiger partial charge in [0.15, 0.2) is 0 Å². The number of thiazole rings is 1. The van der Waals surface area contributed by atoms with Gasteiger partial charge in [-0.15, -0.1) is 11.3 Å². The van der Waals surface area contributed by atoms with E-state index in [2.05, 4.69) is 14.8 Å². The molecule has 1 aromatic heterocycles. The van der Waals surface area contributed by atoms with Gasteiger partial charge in [-0.25, -0.2) is 10.1 Å². The predicted octanol–water partition coefficient (Wildman–Crippen LogP) is -0.564. The fraction of sp³-hybridized carbons (Fsp3) is 0.250. The number of nitrogens with one attached hydrogen (secondary N) is 1. The molecule has 0 aromatic carbocycles. The fourth-order valence-corrected chi connectivity index (χ4v) is 1.41. The van der Waals surface area contributed by atoms with Crippen molar-refractivity contribution >= 4 is 21.5 Å². The molecule has 0 aliphatic heterocycles. The second-order valence-corrected chi connectivity index (χ2v) is 3.94. The largest absolute Gasteiger partial charge is 0.274 e. The second-order valence-electron chi connectivity index (χ2n) is 1.85. The highest BCUT2D eigenvalue weighted by Gasteiger charge is 2.01. The van der Waals surface area contributed by atoms with E-state index in [0.29, 0.717) is 5.69 Å². The van der Waals surface area contributed by atoms with Crippen LogP contribution < -0.4 is 9.86 Å². The average Bonchev–Trinajstić information content (AvgIpc) is 2.32. The van der Waals surface area contributed by atoms with Crippen molar-refractivity contribution in [2.24, 2.45) is 5.14 Å². The minimum absolute atomic E-state index is 0.155. The van der Waals surface area contributed by atoms with Crippen LogP contribution in [0.3, 0.4) is 0 Å². The lowest BCUT2D eigenvalue weighted by molar-refractivity contribution is 0.582. The van der Waals surface area contributed by atoms with Gasteiger partial charge in [0.2, 0.25) is 0 Å². The molecule has 0 unspecified atom stereocenters. The SMILES string of the molecule is NS(=O)(=O)NCc1cscn1. The van der Waals surface area contributed by atoms with Crippen LogP contribution in [-0.2, 0) is 16.8 Å². The van der Waals surface area contributed by atoms with Gasteiger partial charge in [-0.3, -0.25) is 0 Å². The van der Waals surface area contributed by atoms with Crippen LogP contribution >= 0.6 is 11.3 Å². The number of hydrogen-bond donors (Lipinski definition) is 2. The van der Waals surface area contributed by atoms with Gasteiger partial charge in [-0.05, 0) is 0 Å². The summed E-state index contributed by atoms with van der Waals surface area (Å²) in [6, 6.07) is 0. The molecule has 1 rings (SSSR count). The third kappa shape index (κ3) is 3.42. The lowest BCUT2D eigenvalue weighted by Gasteiger charge is -1.96. The zero-order chi connectivity index (χ0) is 8.32. The molecular formula is C4H7N3O2S2. The standard InChI is InChI=1S/C4H7N3O2S2/c5-11(8,9)7-1-4-2-10-3-6-4/h2-3,7H,1H2,(H2,5,8,9). The Morgan fingerprint density at radius 3 is 2.91 bits per heavy atom. The van der Waals surface area contributed by atoms with Gasteiger partial charge in [0.1, 0.15) is 0 Å². The first-order chi connectivity index (χ1) is 5.08. The third-order valence-electron chi connectivity index (χ3n) is 0.938. The summed E-state index contributed by atoms with van der Waals surface area (Å²) < 4.78 is 22.9. The normalized spacial score (nSPS) is 11.7. The maximum absolute atomic E-state index is 10.4. The Hall–Kier alpha value is -0.500. The molecule has 1 aromatic rings. The highest BCUT2D eigenvalue weighted by atomic mass is 32.2. The van der Waals surface area contributed by atoms with Gasteiger partial charge < -0.3 is 0 Å². The number of hydrogen-bond acceptors (Lipinski definition) is 4. The molecule has 0 saturated heterocycles. The molecule has 3 N–H and O–H groups in total. The molecule has 0 fully saturated rings. The van der Waals surface area contributed by atoms with E-state index in [9.17, 15) is 8.42 Å². The van der Waals surface area contributed by atoms with Gasteiger partial charge in [-0.1, -0.05) is 0 Å². The first-order valence-electron chi connectivity index (χ1n) is 2.72. The number of nitrogens with two attached hydrogens (primary N) is 1. The Balaban J connectivity index is 2.48. The smallest absolute Gasteiger partial charge is 0.248 e. The van der Waals surface area contributed by atoms with Crippen LogP contribution in [0.25, 0.3) is 0 Å². The summed E-state index contributed by atoms with van der Waals surface area (Å²) in [7, 11) is -3.59. The van der Waals surface area contributed by atoms with E-state index in [1.807, 2.05) is 0 Å². The molecule has 0 aliphatic rings. The minimum Gasteiger partial charge on any atom is -0.248 e. The Labute approximate surface area is 68.4 Å². The van der Waals surface area contributed by atoms with E-state index < -0.39 is 10.2 Å². The quantitative estimate of drug-likeness (QED) is 0.674. The van der Waals surface area contributed by atoms with E-state index in [1.54, 1.807) is 10.9 Å². The van der Waals surface area contributed by atoms with Crippen molar-refractivity contribution in [3.8, 4) is 0 Å². The van der Waals surface area contributed by atoms with E-state index >= 15 is 0 Å². The molecule has 0 bridgehead atoms. The van der Waals surface area contributed by atoms with Crippen LogP contribution in [0.15, 0.2) is 10.9 Å². The molecule has 0 atom stereocenters. The lowest BCUT2D eigenvalue weighted by Crippen LogP contribution is -2.30. The van der Waals surface area contributed by atoms with Crippen molar-refractivity contribution in [2.45, 2.75) is 6.54 Å². The Morgan fingerprint density at radius 1 is 1.73 bits per heavy atom. The monoisotopic (exact) mass is 193 g/mol. The molecule has 0 spiro atoms. The Morgan fingerprint density at radius 2 is 2.45 bits per heavy atom. The highest BCUT2D eigenvalue weighted by molar-refractivity contribution is 7.87. The van der Waals surface area contributed by atoms with Crippen LogP contribution in [0.2, 0.25) is 0 Å². The van der Waals surface area contributed by atoms with E-state index in [1.165, 1.54) is 11.3 Å². The van der Waals surface area contributed by atoms with E-state index in [4.69, 9.17) is 0 Å². The molecule has 62 valence electrons. The topological polar surface area (TPSA) is 85.1 Å². The maximum atomic E-state index is 10.4. The summed E-state index contributed by atoms with van der Waals surface area (Å²) in [6.45, 7) is 0.155. The maximum Gasteiger partial charge on any atom is 0.274 e. The third-order valence-corrected chi connectivity index (χ3v) is 2.12. The summed E-state index contributed by atoms with van der Waals surface area (Å²) in [5, 5.41) is 6.44. The predicted molar refractivity (Wildman–Crippen MR) is 42.1 cm³/mol. The molecule has 1 heterocycles. The van der Waals surface area contributed by atoms with Gasteiger partial charge in [0.05, 0.1) is 17.7 Å². The summed E-state index contributed by atoms with van der Waals surface area (Å²) in [4.78, 5) is 3.86. The van der Waals surface area contributed by atoms with Crippen molar-refractivity contribution in [3.05, 3.63) is 16.6 Å². The second kappa shape index (κ2) is 3.26. The van der Waals surface area contributed by atoms with Crippen molar-refractivity contribution in [1.29, 1.82) is 0 Å². The lowest BCUT2D eigenvalue weighted by atomic mass is 10.5. The zero-order valence-electron chi connectivity index (χ0n) is 5.52. The van der Waals surface area contributed by atoms with Gasteiger partial charge in [0, 0.05) is 5.38 Å². The summed E-state index contributed by atoms with van der Waals surface area (Å²) in [6.07, 6.45) is 0. The molecule has 11 heavy (non-hydrogen) atoms. The van der Waals surface area contributed by atoms with Gasteiger partial charge in [-0.2, -0.15) is 13.1 Å². The number of rotatable bonds is 3. The van der Waals surface area contributed by atoms with Gasteiger partial charge in [0.25, 0.3) is 10.2 Å². The first-order valence-corrected chi connectivity index (χ1v) is 5.21. The van der Waals surface area contributed by atoms with Crippen molar-refractivity contribution in [1.82, 2.24) is 9.71 Å². The molecule has 0 aliphatic carbocycles. The first kappa shape index (κ1) is 8.60. The van der Waals surface area contributed by atoms with Crippen LogP contribution in [0.4, 0.5) is 0 Å². The zero-order valence-corrected chi connectivity index (χ0v) is 7.15. The van der Waals surface area contributed by atoms with Crippen LogP contribution in [0, 0.1) is 0 Å².